The van der Waals surface area contributed by atoms with Crippen LogP contribution in [0.15, 0.2) is 54.6 Å². The number of aliphatic hydroxyl groups is 1. The van der Waals surface area contributed by atoms with Crippen LogP contribution in [0, 0.1) is 0 Å². The number of benzene rings is 2. The van der Waals surface area contributed by atoms with E-state index < -0.39 is 6.10 Å². The van der Waals surface area contributed by atoms with E-state index in [2.05, 4.69) is 30.3 Å². The van der Waals surface area contributed by atoms with Gasteiger partial charge in [0.25, 0.3) is 0 Å². The SMILES string of the molecule is O[C@@H](COC[C@H]1COc2ccccc2O1)C[N+]1(Cc2ccccc2)CCCC1. The van der Waals surface area contributed by atoms with Crippen molar-refractivity contribution in [3.8, 4) is 11.5 Å². The molecule has 150 valence electrons. The largest absolute Gasteiger partial charge is 0.486 e. The Morgan fingerprint density at radius 1 is 1.00 bits per heavy atom. The first kappa shape index (κ1) is 19.2. The zero-order chi connectivity index (χ0) is 19.2. The molecule has 4 rings (SSSR count). The predicted molar refractivity (Wildman–Crippen MR) is 107 cm³/mol. The summed E-state index contributed by atoms with van der Waals surface area (Å²) in [7, 11) is 0. The number of nitrogens with zero attached hydrogens (tertiary/aromatic N) is 1. The molecule has 0 saturated carbocycles. The number of rotatable bonds is 8. The van der Waals surface area contributed by atoms with Gasteiger partial charge in [0.15, 0.2) is 17.6 Å². The molecule has 1 saturated heterocycles. The van der Waals surface area contributed by atoms with E-state index in [4.69, 9.17) is 14.2 Å². The van der Waals surface area contributed by atoms with Gasteiger partial charge in [-0.1, -0.05) is 42.5 Å². The van der Waals surface area contributed by atoms with Gasteiger partial charge in [-0.2, -0.15) is 0 Å². The van der Waals surface area contributed by atoms with Gasteiger partial charge in [-0.05, 0) is 12.1 Å². The van der Waals surface area contributed by atoms with E-state index in [9.17, 15) is 5.11 Å². The molecule has 2 aliphatic heterocycles. The van der Waals surface area contributed by atoms with Gasteiger partial charge in [-0.3, -0.25) is 0 Å². The molecule has 0 spiro atoms. The van der Waals surface area contributed by atoms with E-state index in [1.54, 1.807) is 0 Å². The molecule has 0 radical (unpaired) electrons. The van der Waals surface area contributed by atoms with E-state index in [0.29, 0.717) is 19.8 Å². The standard InChI is InChI=1S/C23H30NO4/c25-20(15-24(12-6-7-13-24)14-19-8-2-1-3-9-19)16-26-17-21-18-27-22-10-4-5-11-23(22)28-21/h1-5,8-11,20-21,25H,6-7,12-18H2/q+1/t20-,21+/m1/s1. The first-order valence-corrected chi connectivity index (χ1v) is 10.3. The Bertz CT molecular complexity index is 745. The number of fused-ring (bicyclic) bond motifs is 1. The molecule has 2 aliphatic rings. The summed E-state index contributed by atoms with van der Waals surface area (Å²) in [6.07, 6.45) is 1.85. The number of hydrogen-bond acceptors (Lipinski definition) is 4. The zero-order valence-corrected chi connectivity index (χ0v) is 16.3. The summed E-state index contributed by atoms with van der Waals surface area (Å²) in [6.45, 7) is 5.19. The maximum Gasteiger partial charge on any atom is 0.161 e. The van der Waals surface area contributed by atoms with Crippen molar-refractivity contribution in [2.75, 3.05) is 39.5 Å². The van der Waals surface area contributed by atoms with Crippen molar-refractivity contribution >= 4 is 0 Å². The smallest absolute Gasteiger partial charge is 0.161 e. The molecular weight excluding hydrogens is 354 g/mol. The topological polar surface area (TPSA) is 47.9 Å². The van der Waals surface area contributed by atoms with Crippen molar-refractivity contribution in [1.29, 1.82) is 0 Å². The van der Waals surface area contributed by atoms with Gasteiger partial charge in [0.05, 0.1) is 26.3 Å². The molecule has 1 fully saturated rings. The van der Waals surface area contributed by atoms with Crippen molar-refractivity contribution in [2.24, 2.45) is 0 Å². The fourth-order valence-electron chi connectivity index (χ4n) is 4.36. The third-order valence-corrected chi connectivity index (χ3v) is 5.66. The highest BCUT2D eigenvalue weighted by molar-refractivity contribution is 5.40. The number of para-hydroxylation sites is 2. The highest BCUT2D eigenvalue weighted by Crippen LogP contribution is 2.31. The maximum absolute atomic E-state index is 10.6. The van der Waals surface area contributed by atoms with Crippen molar-refractivity contribution < 1.29 is 23.8 Å². The van der Waals surface area contributed by atoms with E-state index >= 15 is 0 Å². The summed E-state index contributed by atoms with van der Waals surface area (Å²) >= 11 is 0. The van der Waals surface area contributed by atoms with Gasteiger partial charge >= 0.3 is 0 Å². The van der Waals surface area contributed by atoms with E-state index in [1.165, 1.54) is 18.4 Å². The highest BCUT2D eigenvalue weighted by Gasteiger charge is 2.34. The summed E-state index contributed by atoms with van der Waals surface area (Å²) in [4.78, 5) is 0. The summed E-state index contributed by atoms with van der Waals surface area (Å²) < 4.78 is 18.4. The molecule has 0 amide bonds. The number of aliphatic hydroxyl groups excluding tert-OH is 1. The molecule has 28 heavy (non-hydrogen) atoms. The summed E-state index contributed by atoms with van der Waals surface area (Å²) in [5.41, 5.74) is 1.34. The van der Waals surface area contributed by atoms with Crippen LogP contribution in [0.4, 0.5) is 0 Å². The Balaban J connectivity index is 1.25. The molecule has 1 N–H and O–H groups in total. The van der Waals surface area contributed by atoms with Crippen LogP contribution in [-0.4, -0.2) is 61.3 Å². The number of hydrogen-bond donors (Lipinski definition) is 1. The fourth-order valence-corrected chi connectivity index (χ4v) is 4.36. The van der Waals surface area contributed by atoms with Gasteiger partial charge in [0.1, 0.15) is 25.8 Å². The zero-order valence-electron chi connectivity index (χ0n) is 16.3. The van der Waals surface area contributed by atoms with E-state index in [0.717, 1.165) is 42.2 Å². The highest BCUT2D eigenvalue weighted by atomic mass is 16.6. The third-order valence-electron chi connectivity index (χ3n) is 5.66. The average Bonchev–Trinajstić information content (AvgIpc) is 3.16. The molecular formula is C23H30NO4+. The maximum atomic E-state index is 10.6. The molecule has 2 atom stereocenters. The first-order valence-electron chi connectivity index (χ1n) is 10.3. The molecule has 0 aliphatic carbocycles. The molecule has 2 aromatic rings. The van der Waals surface area contributed by atoms with Gasteiger partial charge in [0, 0.05) is 18.4 Å². The van der Waals surface area contributed by atoms with Crippen molar-refractivity contribution in [3.05, 3.63) is 60.2 Å². The summed E-state index contributed by atoms with van der Waals surface area (Å²) in [6, 6.07) is 18.3. The van der Waals surface area contributed by atoms with Crippen molar-refractivity contribution in [2.45, 2.75) is 31.6 Å². The number of likely N-dealkylation sites (tertiary alicyclic amines) is 1. The molecule has 0 bridgehead atoms. The normalized spacial score (nSPS) is 21.4. The second kappa shape index (κ2) is 8.95. The lowest BCUT2D eigenvalue weighted by atomic mass is 10.1. The van der Waals surface area contributed by atoms with Gasteiger partial charge in [0.2, 0.25) is 0 Å². The Kier molecular flexibility index (Phi) is 6.15. The van der Waals surface area contributed by atoms with Gasteiger partial charge in [-0.25, -0.2) is 0 Å². The number of ether oxygens (including phenoxy) is 3. The van der Waals surface area contributed by atoms with Crippen LogP contribution < -0.4 is 9.47 Å². The quantitative estimate of drug-likeness (QED) is 0.711. The lowest BCUT2D eigenvalue weighted by Gasteiger charge is -2.36. The van der Waals surface area contributed by atoms with Crippen LogP contribution >= 0.6 is 0 Å². The lowest BCUT2D eigenvalue weighted by molar-refractivity contribution is -0.932. The Morgan fingerprint density at radius 2 is 1.71 bits per heavy atom. The van der Waals surface area contributed by atoms with Crippen LogP contribution in [-0.2, 0) is 11.3 Å². The molecule has 0 unspecified atom stereocenters. The van der Waals surface area contributed by atoms with Crippen LogP contribution in [0.1, 0.15) is 18.4 Å². The number of quaternary nitrogens is 1. The Hall–Kier alpha value is -2.08. The molecule has 0 aromatic heterocycles. The Morgan fingerprint density at radius 3 is 2.50 bits per heavy atom. The lowest BCUT2D eigenvalue weighted by Crippen LogP contribution is -2.50. The van der Waals surface area contributed by atoms with Crippen LogP contribution in [0.25, 0.3) is 0 Å². The van der Waals surface area contributed by atoms with Crippen LogP contribution in [0.5, 0.6) is 11.5 Å². The molecule has 5 nitrogen and oxygen atoms in total. The fraction of sp³-hybridized carbons (Fsp3) is 0.478. The third kappa shape index (κ3) is 4.85. The van der Waals surface area contributed by atoms with Gasteiger partial charge in [-0.15, -0.1) is 0 Å². The van der Waals surface area contributed by atoms with Crippen molar-refractivity contribution in [1.82, 2.24) is 0 Å². The summed E-state index contributed by atoms with van der Waals surface area (Å²) in [5, 5.41) is 10.6. The van der Waals surface area contributed by atoms with Gasteiger partial charge < -0.3 is 23.8 Å². The Labute approximate surface area is 167 Å². The molecule has 5 heteroatoms. The molecule has 2 aromatic carbocycles. The monoisotopic (exact) mass is 384 g/mol. The minimum Gasteiger partial charge on any atom is -0.486 e. The molecule has 2 heterocycles. The minimum absolute atomic E-state index is 0.138. The van der Waals surface area contributed by atoms with Crippen molar-refractivity contribution in [3.63, 3.8) is 0 Å². The average molecular weight is 384 g/mol. The predicted octanol–water partition coefficient (Wildman–Crippen LogP) is 3.01. The second-order valence-electron chi connectivity index (χ2n) is 8.01. The van der Waals surface area contributed by atoms with Crippen LogP contribution in [0.2, 0.25) is 0 Å². The second-order valence-corrected chi connectivity index (χ2v) is 8.01. The minimum atomic E-state index is -0.474. The summed E-state index contributed by atoms with van der Waals surface area (Å²) in [5.74, 6) is 1.53. The van der Waals surface area contributed by atoms with Crippen LogP contribution in [0.3, 0.4) is 0 Å². The van der Waals surface area contributed by atoms with E-state index in [1.807, 2.05) is 24.3 Å². The van der Waals surface area contributed by atoms with E-state index in [-0.39, 0.29) is 6.10 Å². The first-order chi connectivity index (χ1) is 13.7.